The van der Waals surface area contributed by atoms with Crippen LogP contribution in [-0.2, 0) is 14.3 Å². The molecule has 0 fully saturated rings. The first-order valence-electron chi connectivity index (χ1n) is 5.34. The molecule has 1 aromatic carbocycles. The van der Waals surface area contributed by atoms with Crippen LogP contribution in [0.25, 0.3) is 0 Å². The number of hydrogen-bond donors (Lipinski definition) is 0. The highest BCUT2D eigenvalue weighted by Gasteiger charge is 2.13. The predicted molar refractivity (Wildman–Crippen MR) is 62.5 cm³/mol. The summed E-state index contributed by atoms with van der Waals surface area (Å²) in [5.41, 5.74) is 0.272. The van der Waals surface area contributed by atoms with E-state index in [1.165, 1.54) is 25.1 Å². The van der Waals surface area contributed by atoms with Crippen molar-refractivity contribution in [2.24, 2.45) is 0 Å². The molecule has 0 aliphatic carbocycles. The molecule has 0 bridgehead atoms. The number of methoxy groups -OCH3 is 1. The van der Waals surface area contributed by atoms with Gasteiger partial charge in [0.25, 0.3) is 5.91 Å². The van der Waals surface area contributed by atoms with Crippen LogP contribution >= 0.6 is 0 Å². The third-order valence-corrected chi connectivity index (χ3v) is 2.32. The minimum absolute atomic E-state index is 0.140. The maximum absolute atomic E-state index is 13.0. The molecule has 6 heteroatoms. The van der Waals surface area contributed by atoms with E-state index in [1.807, 2.05) is 0 Å². The molecular formula is C12H15F2NO3. The molecule has 4 nitrogen and oxygen atoms in total. The van der Waals surface area contributed by atoms with Crippen molar-refractivity contribution >= 4 is 11.6 Å². The van der Waals surface area contributed by atoms with Gasteiger partial charge >= 0.3 is 0 Å². The summed E-state index contributed by atoms with van der Waals surface area (Å²) in [6.45, 7) is 0.550. The van der Waals surface area contributed by atoms with E-state index < -0.39 is 11.6 Å². The third-order valence-electron chi connectivity index (χ3n) is 2.32. The molecule has 0 atom stereocenters. The third kappa shape index (κ3) is 4.05. The molecular weight excluding hydrogens is 244 g/mol. The summed E-state index contributed by atoms with van der Waals surface area (Å²) in [6.07, 6.45) is 0. The van der Waals surface area contributed by atoms with Gasteiger partial charge in [0.05, 0.1) is 13.2 Å². The molecule has 0 aliphatic heterocycles. The number of anilines is 1. The van der Waals surface area contributed by atoms with Crippen molar-refractivity contribution in [2.75, 3.05) is 38.9 Å². The molecule has 0 saturated heterocycles. The smallest absolute Gasteiger partial charge is 0.252 e. The van der Waals surface area contributed by atoms with Crippen molar-refractivity contribution < 1.29 is 23.0 Å². The number of carbonyl (C=O) groups excluding carboxylic acids is 1. The van der Waals surface area contributed by atoms with Crippen molar-refractivity contribution in [3.8, 4) is 0 Å². The normalized spacial score (nSPS) is 10.4. The van der Waals surface area contributed by atoms with Crippen LogP contribution in [-0.4, -0.2) is 39.9 Å². The van der Waals surface area contributed by atoms with Crippen molar-refractivity contribution in [3.63, 3.8) is 0 Å². The van der Waals surface area contributed by atoms with E-state index in [4.69, 9.17) is 9.47 Å². The zero-order valence-electron chi connectivity index (χ0n) is 10.3. The minimum atomic E-state index is -0.993. The maximum Gasteiger partial charge on any atom is 0.252 e. The van der Waals surface area contributed by atoms with Crippen LogP contribution in [0.15, 0.2) is 18.2 Å². The van der Waals surface area contributed by atoms with Crippen molar-refractivity contribution in [2.45, 2.75) is 0 Å². The summed E-state index contributed by atoms with van der Waals surface area (Å²) in [7, 11) is 2.99. The number of rotatable bonds is 6. The summed E-state index contributed by atoms with van der Waals surface area (Å²) in [6, 6.07) is 3.26. The van der Waals surface area contributed by atoms with Gasteiger partial charge in [0.15, 0.2) is 11.6 Å². The zero-order valence-corrected chi connectivity index (χ0v) is 10.3. The van der Waals surface area contributed by atoms with Crippen LogP contribution in [0.2, 0.25) is 0 Å². The van der Waals surface area contributed by atoms with E-state index in [0.29, 0.717) is 13.2 Å². The molecule has 0 N–H and O–H groups in total. The van der Waals surface area contributed by atoms with E-state index in [1.54, 1.807) is 0 Å². The largest absolute Gasteiger partial charge is 0.382 e. The second-order valence-electron chi connectivity index (χ2n) is 3.60. The maximum atomic E-state index is 13.0. The molecule has 1 aromatic rings. The zero-order chi connectivity index (χ0) is 13.5. The number of nitrogens with zero attached hydrogens (tertiary/aromatic N) is 1. The van der Waals surface area contributed by atoms with Gasteiger partial charge in [0, 0.05) is 25.9 Å². The fraction of sp³-hybridized carbons (Fsp3) is 0.417. The van der Waals surface area contributed by atoms with Crippen LogP contribution in [0.5, 0.6) is 0 Å². The van der Waals surface area contributed by atoms with Crippen LogP contribution < -0.4 is 4.90 Å². The van der Waals surface area contributed by atoms with Gasteiger partial charge in [-0.05, 0) is 12.1 Å². The molecule has 100 valence electrons. The first kappa shape index (κ1) is 14.5. The predicted octanol–water partition coefficient (Wildman–Crippen LogP) is 1.59. The topological polar surface area (TPSA) is 38.8 Å². The Labute approximate surface area is 104 Å². The molecule has 1 rings (SSSR count). The van der Waals surface area contributed by atoms with Gasteiger partial charge in [-0.15, -0.1) is 0 Å². The number of hydrogen-bond acceptors (Lipinski definition) is 3. The van der Waals surface area contributed by atoms with Gasteiger partial charge < -0.3 is 14.4 Å². The Morgan fingerprint density at radius 1 is 1.28 bits per heavy atom. The lowest BCUT2D eigenvalue weighted by Crippen LogP contribution is -2.30. The Kier molecular flexibility index (Phi) is 5.67. The number of likely N-dealkylation sites (N-methyl/N-ethyl adjacent to an activating group) is 1. The summed E-state index contributed by atoms with van der Waals surface area (Å²) in [5, 5.41) is 0. The van der Waals surface area contributed by atoms with Gasteiger partial charge in [-0.2, -0.15) is 0 Å². The van der Waals surface area contributed by atoms with Crippen molar-refractivity contribution in [3.05, 3.63) is 29.8 Å². The number of benzene rings is 1. The van der Waals surface area contributed by atoms with E-state index in [9.17, 15) is 13.6 Å². The summed E-state index contributed by atoms with van der Waals surface area (Å²) < 4.78 is 35.5. The van der Waals surface area contributed by atoms with E-state index >= 15 is 0 Å². The van der Waals surface area contributed by atoms with Crippen molar-refractivity contribution in [1.82, 2.24) is 0 Å². The van der Waals surface area contributed by atoms with Gasteiger partial charge in [0.2, 0.25) is 0 Å². The number of halogens is 2. The molecule has 0 unspecified atom stereocenters. The van der Waals surface area contributed by atoms with Crippen molar-refractivity contribution in [1.29, 1.82) is 0 Å². The van der Waals surface area contributed by atoms with Gasteiger partial charge in [-0.3, -0.25) is 4.79 Å². The highest BCUT2D eigenvalue weighted by Crippen LogP contribution is 2.16. The summed E-state index contributed by atoms with van der Waals surface area (Å²) in [4.78, 5) is 12.9. The molecule has 18 heavy (non-hydrogen) atoms. The van der Waals surface area contributed by atoms with Crippen LogP contribution in [0, 0.1) is 11.6 Å². The molecule has 0 aromatic heterocycles. The van der Waals surface area contributed by atoms with Crippen LogP contribution in [0.1, 0.15) is 0 Å². The van der Waals surface area contributed by atoms with Gasteiger partial charge in [-0.1, -0.05) is 0 Å². The molecule has 0 radical (unpaired) electrons. The molecule has 0 aliphatic rings. The van der Waals surface area contributed by atoms with Crippen LogP contribution in [0.3, 0.4) is 0 Å². The number of carbonyl (C=O) groups is 1. The second-order valence-corrected chi connectivity index (χ2v) is 3.60. The standard InChI is InChI=1S/C12H15F2NO3/c1-15(12(16)8-18-6-5-17-2)9-3-4-10(13)11(14)7-9/h3-4,7H,5-6,8H2,1-2H3. The molecule has 1 amide bonds. The highest BCUT2D eigenvalue weighted by molar-refractivity contribution is 5.93. The lowest BCUT2D eigenvalue weighted by molar-refractivity contribution is -0.123. The van der Waals surface area contributed by atoms with E-state index in [2.05, 4.69) is 0 Å². The summed E-state index contributed by atoms with van der Waals surface area (Å²) >= 11 is 0. The summed E-state index contributed by atoms with van der Waals surface area (Å²) in [5.74, 6) is -2.29. The quantitative estimate of drug-likeness (QED) is 0.728. The SMILES string of the molecule is COCCOCC(=O)N(C)c1ccc(F)c(F)c1. The fourth-order valence-corrected chi connectivity index (χ4v) is 1.24. The molecule has 0 saturated carbocycles. The number of ether oxygens (including phenoxy) is 2. The highest BCUT2D eigenvalue weighted by atomic mass is 19.2. The molecule has 0 spiro atoms. The van der Waals surface area contributed by atoms with Gasteiger partial charge in [-0.25, -0.2) is 8.78 Å². The average Bonchev–Trinajstić information content (AvgIpc) is 2.37. The monoisotopic (exact) mass is 259 g/mol. The Bertz CT molecular complexity index is 412. The fourth-order valence-electron chi connectivity index (χ4n) is 1.24. The Hall–Kier alpha value is -1.53. The Morgan fingerprint density at radius 3 is 2.61 bits per heavy atom. The number of amides is 1. The Balaban J connectivity index is 2.54. The molecule has 0 heterocycles. The minimum Gasteiger partial charge on any atom is -0.382 e. The average molecular weight is 259 g/mol. The van der Waals surface area contributed by atoms with Crippen LogP contribution in [0.4, 0.5) is 14.5 Å². The lowest BCUT2D eigenvalue weighted by atomic mass is 10.2. The lowest BCUT2D eigenvalue weighted by Gasteiger charge is -2.17. The first-order chi connectivity index (χ1) is 8.56. The first-order valence-corrected chi connectivity index (χ1v) is 5.34. The van der Waals surface area contributed by atoms with E-state index in [-0.39, 0.29) is 18.2 Å². The van der Waals surface area contributed by atoms with Gasteiger partial charge in [0.1, 0.15) is 6.61 Å². The Morgan fingerprint density at radius 2 is 2.00 bits per heavy atom. The second kappa shape index (κ2) is 7.03. The van der Waals surface area contributed by atoms with E-state index in [0.717, 1.165) is 12.1 Å².